The minimum absolute atomic E-state index is 0.0702. The monoisotopic (exact) mass is 676 g/mol. The van der Waals surface area contributed by atoms with Crippen molar-refractivity contribution in [3.8, 4) is 39.1 Å². The van der Waals surface area contributed by atoms with Crippen molar-refractivity contribution in [2.75, 3.05) is 0 Å². The molecular weight excluding hydrogens is 650 g/mol. The van der Waals surface area contributed by atoms with Gasteiger partial charge in [0.05, 0.1) is 0 Å². The van der Waals surface area contributed by atoms with E-state index in [0.717, 1.165) is 67.6 Å². The van der Waals surface area contributed by atoms with Gasteiger partial charge in [-0.3, -0.25) is 0 Å². The zero-order valence-corrected chi connectivity index (χ0v) is 25.2. The highest BCUT2D eigenvalue weighted by Crippen LogP contribution is 2.39. The molecule has 5 aromatic rings. The lowest BCUT2D eigenvalue weighted by Gasteiger charge is -2.20. The minimum atomic E-state index is -5.29. The number of ether oxygens (including phenoxy) is 1. The Morgan fingerprint density at radius 1 is 0.500 bits per heavy atom. The van der Waals surface area contributed by atoms with Crippen molar-refractivity contribution in [2.45, 2.75) is 44.9 Å². The second-order valence-electron chi connectivity index (χ2n) is 11.1. The Bertz CT molecular complexity index is 1870. The Labute approximate surface area is 269 Å². The molecule has 0 aliphatic heterocycles. The van der Waals surface area contributed by atoms with Crippen LogP contribution in [0.15, 0.2) is 91.0 Å². The largest absolute Gasteiger partial charge is 0.432 e. The molecule has 250 valence electrons. The predicted octanol–water partition coefficient (Wildman–Crippen LogP) is 12.3. The van der Waals surface area contributed by atoms with Crippen molar-refractivity contribution in [1.29, 1.82) is 0 Å². The summed E-state index contributed by atoms with van der Waals surface area (Å²) >= 11 is 0. The molecule has 48 heavy (non-hydrogen) atoms. The summed E-state index contributed by atoms with van der Waals surface area (Å²) in [7, 11) is 0. The molecule has 0 unspecified atom stereocenters. The van der Waals surface area contributed by atoms with Gasteiger partial charge in [-0.1, -0.05) is 68.3 Å². The first-order valence-electron chi connectivity index (χ1n) is 14.8. The van der Waals surface area contributed by atoms with Crippen molar-refractivity contribution in [3.63, 3.8) is 0 Å². The summed E-state index contributed by atoms with van der Waals surface area (Å²) < 4.78 is 146. The third kappa shape index (κ3) is 7.50. The summed E-state index contributed by atoms with van der Waals surface area (Å²) in [6.45, 7) is 2.09. The fraction of sp³-hybridized carbons (Fsp3) is 0.189. The van der Waals surface area contributed by atoms with E-state index in [9.17, 15) is 35.1 Å². The number of aryl methyl sites for hydroxylation is 1. The quantitative estimate of drug-likeness (QED) is 0.106. The summed E-state index contributed by atoms with van der Waals surface area (Å²) in [5, 5.41) is 0. The third-order valence-corrected chi connectivity index (χ3v) is 7.73. The van der Waals surface area contributed by atoms with Crippen molar-refractivity contribution in [2.24, 2.45) is 0 Å². The van der Waals surface area contributed by atoms with Gasteiger partial charge < -0.3 is 4.74 Å². The van der Waals surface area contributed by atoms with Gasteiger partial charge in [-0.05, 0) is 88.7 Å². The van der Waals surface area contributed by atoms with Crippen LogP contribution in [0.2, 0.25) is 0 Å². The van der Waals surface area contributed by atoms with Gasteiger partial charge >= 0.3 is 12.3 Å². The molecule has 11 heteroatoms. The summed E-state index contributed by atoms with van der Waals surface area (Å²) in [6.07, 6.45) is -5.73. The second-order valence-corrected chi connectivity index (χ2v) is 11.1. The topological polar surface area (TPSA) is 9.23 Å². The summed E-state index contributed by atoms with van der Waals surface area (Å²) in [4.78, 5) is 0. The number of hydrogen-bond acceptors (Lipinski definition) is 1. The molecule has 1 nitrogen and oxygen atoms in total. The maximum Gasteiger partial charge on any atom is 0.432 e. The van der Waals surface area contributed by atoms with Gasteiger partial charge in [-0.2, -0.15) is 22.0 Å². The number of hydrogen-bond donors (Lipinski definition) is 0. The number of alkyl halides is 5. The maximum atomic E-state index is 15.1. The number of unbranched alkanes of at least 4 members (excludes halogenated alkanes) is 2. The molecule has 0 spiro atoms. The normalized spacial score (nSPS) is 12.0. The molecule has 5 rings (SSSR count). The third-order valence-electron chi connectivity index (χ3n) is 7.73. The van der Waals surface area contributed by atoms with Crippen molar-refractivity contribution in [3.05, 3.63) is 137 Å². The van der Waals surface area contributed by atoms with Crippen LogP contribution < -0.4 is 4.74 Å². The first kappa shape index (κ1) is 34.5. The summed E-state index contributed by atoms with van der Waals surface area (Å²) in [5.74, 6) is -8.35. The zero-order valence-electron chi connectivity index (χ0n) is 25.2. The Kier molecular flexibility index (Phi) is 9.89. The highest BCUT2D eigenvalue weighted by atomic mass is 19.4. The van der Waals surface area contributed by atoms with E-state index in [1.54, 1.807) is 12.1 Å². The van der Waals surface area contributed by atoms with E-state index in [1.807, 2.05) is 12.1 Å². The molecule has 5 aromatic carbocycles. The maximum absolute atomic E-state index is 15.1. The molecule has 0 bridgehead atoms. The average Bonchev–Trinajstić information content (AvgIpc) is 3.00. The van der Waals surface area contributed by atoms with Crippen LogP contribution in [-0.4, -0.2) is 0 Å². The first-order valence-corrected chi connectivity index (χ1v) is 14.8. The molecule has 0 aliphatic carbocycles. The van der Waals surface area contributed by atoms with Crippen LogP contribution in [0.3, 0.4) is 0 Å². The molecule has 0 amide bonds. The van der Waals surface area contributed by atoms with Gasteiger partial charge in [0.1, 0.15) is 46.0 Å². The van der Waals surface area contributed by atoms with E-state index in [1.165, 1.54) is 18.2 Å². The summed E-state index contributed by atoms with van der Waals surface area (Å²) in [5.41, 5.74) is -2.55. The van der Waals surface area contributed by atoms with Crippen molar-refractivity contribution >= 4 is 0 Å². The van der Waals surface area contributed by atoms with Crippen LogP contribution in [0.4, 0.5) is 43.9 Å². The number of benzene rings is 5. The van der Waals surface area contributed by atoms with Crippen molar-refractivity contribution < 1.29 is 48.6 Å². The SMILES string of the molecule is CCCCCc1ccc(-c2cc(F)c(C(F)(F)Oc3ccc(-c4ccc(-c5cc(F)c(C(F)(F)F)c(F)c5)c(F)c4)cc3)c(F)c2)cc1. The van der Waals surface area contributed by atoms with Gasteiger partial charge in [0.25, 0.3) is 0 Å². The molecule has 0 saturated carbocycles. The molecule has 0 aromatic heterocycles. The molecule has 0 atom stereocenters. The van der Waals surface area contributed by atoms with E-state index < -0.39 is 63.8 Å². The minimum Gasteiger partial charge on any atom is -0.429 e. The first-order chi connectivity index (χ1) is 22.7. The van der Waals surface area contributed by atoms with E-state index in [0.29, 0.717) is 17.7 Å². The van der Waals surface area contributed by atoms with Gasteiger partial charge in [-0.15, -0.1) is 0 Å². The zero-order chi connectivity index (χ0) is 34.8. The van der Waals surface area contributed by atoms with E-state index in [2.05, 4.69) is 11.7 Å². The standard InChI is InChI=1S/C37H26F10O/c1-2-3-4-5-21-6-8-23(9-7-21)25-17-32(41)35(33(42)18-25)37(46,47)48-27-13-10-22(11-14-27)24-12-15-28(29(38)16-24)26-19-30(39)34(31(40)20-26)36(43,44)45/h6-20H,2-5H2,1H3. The van der Waals surface area contributed by atoms with Crippen LogP contribution in [0, 0.1) is 29.1 Å². The van der Waals surface area contributed by atoms with Crippen LogP contribution >= 0.6 is 0 Å². The highest BCUT2D eigenvalue weighted by molar-refractivity contribution is 5.72. The highest BCUT2D eigenvalue weighted by Gasteiger charge is 2.41. The molecular formula is C37H26F10O. The fourth-order valence-electron chi connectivity index (χ4n) is 5.30. The molecule has 0 fully saturated rings. The molecule has 0 aliphatic rings. The van der Waals surface area contributed by atoms with Gasteiger partial charge in [0.15, 0.2) is 0 Å². The van der Waals surface area contributed by atoms with Crippen LogP contribution in [0.25, 0.3) is 33.4 Å². The second kappa shape index (κ2) is 13.7. The smallest absolute Gasteiger partial charge is 0.429 e. The molecule has 0 saturated heterocycles. The van der Waals surface area contributed by atoms with Crippen LogP contribution in [0.1, 0.15) is 42.9 Å². The Morgan fingerprint density at radius 2 is 0.979 bits per heavy atom. The average molecular weight is 677 g/mol. The van der Waals surface area contributed by atoms with Crippen LogP contribution in [-0.2, 0) is 18.7 Å². The van der Waals surface area contributed by atoms with Gasteiger partial charge in [0.2, 0.25) is 0 Å². The van der Waals surface area contributed by atoms with Crippen LogP contribution in [0.5, 0.6) is 5.75 Å². The Morgan fingerprint density at radius 3 is 1.52 bits per heavy atom. The molecule has 0 radical (unpaired) electrons. The lowest BCUT2D eigenvalue weighted by molar-refractivity contribution is -0.189. The predicted molar refractivity (Wildman–Crippen MR) is 162 cm³/mol. The lowest BCUT2D eigenvalue weighted by Crippen LogP contribution is -2.25. The molecule has 0 N–H and O–H groups in total. The fourth-order valence-corrected chi connectivity index (χ4v) is 5.30. The van der Waals surface area contributed by atoms with Gasteiger partial charge in [0, 0.05) is 5.56 Å². The van der Waals surface area contributed by atoms with E-state index in [-0.39, 0.29) is 22.3 Å². The Balaban J connectivity index is 1.32. The molecule has 0 heterocycles. The summed E-state index contributed by atoms with van der Waals surface area (Å²) in [6, 6.07) is 17.2. The van der Waals surface area contributed by atoms with Gasteiger partial charge in [-0.25, -0.2) is 22.0 Å². The number of halogens is 10. The number of rotatable bonds is 10. The lowest BCUT2D eigenvalue weighted by atomic mass is 9.98. The Hall–Kier alpha value is -4.80. The van der Waals surface area contributed by atoms with E-state index in [4.69, 9.17) is 0 Å². The van der Waals surface area contributed by atoms with E-state index >= 15 is 8.78 Å². The van der Waals surface area contributed by atoms with Crippen molar-refractivity contribution in [1.82, 2.24) is 0 Å².